The van der Waals surface area contributed by atoms with Gasteiger partial charge in [-0.3, -0.25) is 9.59 Å². The second kappa shape index (κ2) is 10.9. The Kier molecular flexibility index (Phi) is 7.71. The quantitative estimate of drug-likeness (QED) is 0.409. The van der Waals surface area contributed by atoms with Crippen LogP contribution in [0.3, 0.4) is 0 Å². The predicted octanol–water partition coefficient (Wildman–Crippen LogP) is 5.59. The summed E-state index contributed by atoms with van der Waals surface area (Å²) in [6, 6.07) is 18.9. The van der Waals surface area contributed by atoms with Crippen LogP contribution in [-0.2, 0) is 27.5 Å². The number of anilines is 1. The number of carbonyl (C=O) groups excluding carboxylic acids is 2. The predicted molar refractivity (Wildman–Crippen MR) is 157 cm³/mol. The van der Waals surface area contributed by atoms with Crippen molar-refractivity contribution in [3.63, 3.8) is 0 Å². The summed E-state index contributed by atoms with van der Waals surface area (Å²) in [4.78, 5) is 28.8. The number of fused-ring (bicyclic) bond motifs is 1. The molecule has 2 aliphatic rings. The molecular formula is C31H36N2O4S2. The lowest BCUT2D eigenvalue weighted by Gasteiger charge is -2.33. The molecule has 0 radical (unpaired) electrons. The maximum Gasteiger partial charge on any atom is 0.254 e. The monoisotopic (exact) mass is 564 g/mol. The molecule has 2 aromatic carbocycles. The van der Waals surface area contributed by atoms with E-state index < -0.39 is 21.8 Å². The molecular weight excluding hydrogens is 528 g/mol. The minimum Gasteiger partial charge on any atom is -0.348 e. The Morgan fingerprint density at radius 3 is 2.10 bits per heavy atom. The van der Waals surface area contributed by atoms with E-state index in [4.69, 9.17) is 0 Å². The van der Waals surface area contributed by atoms with E-state index in [2.05, 4.69) is 31.4 Å². The third-order valence-corrected chi connectivity index (χ3v) is 11.0. The average Bonchev–Trinajstić information content (AvgIpc) is 3.42. The Labute approximate surface area is 235 Å². The van der Waals surface area contributed by atoms with Gasteiger partial charge in [-0.1, -0.05) is 81.4 Å². The van der Waals surface area contributed by atoms with Crippen LogP contribution in [0.15, 0.2) is 60.7 Å². The van der Waals surface area contributed by atoms with Crippen molar-refractivity contribution in [1.29, 1.82) is 0 Å². The second-order valence-corrected chi connectivity index (χ2v) is 15.2. The van der Waals surface area contributed by atoms with Crippen molar-refractivity contribution < 1.29 is 18.0 Å². The van der Waals surface area contributed by atoms with E-state index in [1.165, 1.54) is 11.3 Å². The highest BCUT2D eigenvalue weighted by molar-refractivity contribution is 7.91. The van der Waals surface area contributed by atoms with Gasteiger partial charge in [-0.15, -0.1) is 11.3 Å². The summed E-state index contributed by atoms with van der Waals surface area (Å²) in [5.74, 6) is -0.504. The van der Waals surface area contributed by atoms with Crippen molar-refractivity contribution in [2.24, 2.45) is 11.3 Å². The Morgan fingerprint density at radius 1 is 0.949 bits per heavy atom. The number of sulfone groups is 1. The maximum atomic E-state index is 13.9. The zero-order valence-corrected chi connectivity index (χ0v) is 24.3. The lowest BCUT2D eigenvalue weighted by Crippen LogP contribution is -2.36. The summed E-state index contributed by atoms with van der Waals surface area (Å²) in [5.41, 5.74) is 3.37. The van der Waals surface area contributed by atoms with Gasteiger partial charge in [-0.2, -0.15) is 0 Å². The summed E-state index contributed by atoms with van der Waals surface area (Å²) in [7, 11) is -3.13. The standard InChI is InChI=1S/C31H36N2O4S2/c1-31(2,3)22-14-15-24-25(18-22)38-30(27(24)29(35)32-23-16-17-39(36,37)19-23)33-28(34)26(20-10-6-4-7-11-20)21-12-8-5-9-13-21/h4-13,22-23,26H,14-19H2,1-3H3,(H,32,35)(H,33,34). The van der Waals surface area contributed by atoms with Crippen LogP contribution in [-0.4, -0.2) is 37.8 Å². The molecule has 2 heterocycles. The molecule has 39 heavy (non-hydrogen) atoms. The highest BCUT2D eigenvalue weighted by Crippen LogP contribution is 2.44. The topological polar surface area (TPSA) is 92.3 Å². The van der Waals surface area contributed by atoms with Crippen LogP contribution in [0.25, 0.3) is 0 Å². The van der Waals surface area contributed by atoms with Crippen molar-refractivity contribution >= 4 is 38.0 Å². The number of amides is 2. The summed E-state index contributed by atoms with van der Waals surface area (Å²) in [6.07, 6.45) is 3.00. The fraction of sp³-hybridized carbons (Fsp3) is 0.419. The first-order valence-corrected chi connectivity index (χ1v) is 16.2. The SMILES string of the molecule is CC(C)(C)C1CCc2c(sc(NC(=O)C(c3ccccc3)c3ccccc3)c2C(=O)NC2CCS(=O)(=O)C2)C1. The lowest BCUT2D eigenvalue weighted by atomic mass is 9.72. The van der Waals surface area contributed by atoms with Gasteiger partial charge in [0.2, 0.25) is 5.91 Å². The Balaban J connectivity index is 1.50. The van der Waals surface area contributed by atoms with E-state index in [0.29, 0.717) is 22.9 Å². The van der Waals surface area contributed by atoms with Crippen molar-refractivity contribution in [2.45, 2.75) is 58.4 Å². The van der Waals surface area contributed by atoms with Crippen molar-refractivity contribution in [3.8, 4) is 0 Å². The third-order valence-electron chi connectivity index (χ3n) is 8.05. The highest BCUT2D eigenvalue weighted by Gasteiger charge is 2.36. The van der Waals surface area contributed by atoms with E-state index in [9.17, 15) is 18.0 Å². The number of nitrogens with one attached hydrogen (secondary N) is 2. The van der Waals surface area contributed by atoms with E-state index in [0.717, 1.165) is 40.8 Å². The molecule has 5 rings (SSSR count). The Hall–Kier alpha value is -2.97. The highest BCUT2D eigenvalue weighted by atomic mass is 32.2. The van der Waals surface area contributed by atoms with Crippen LogP contribution in [0.4, 0.5) is 5.00 Å². The molecule has 206 valence electrons. The van der Waals surface area contributed by atoms with Crippen molar-refractivity contribution in [2.75, 3.05) is 16.8 Å². The summed E-state index contributed by atoms with van der Waals surface area (Å²) in [6.45, 7) is 6.74. The largest absolute Gasteiger partial charge is 0.348 e. The molecule has 1 aliphatic heterocycles. The zero-order valence-electron chi connectivity index (χ0n) is 22.7. The first-order chi connectivity index (χ1) is 18.5. The van der Waals surface area contributed by atoms with E-state index >= 15 is 0 Å². The van der Waals surface area contributed by atoms with E-state index in [-0.39, 0.29) is 28.7 Å². The first kappa shape index (κ1) is 27.6. The van der Waals surface area contributed by atoms with Crippen LogP contribution in [0, 0.1) is 11.3 Å². The minimum absolute atomic E-state index is 0.0387. The van der Waals surface area contributed by atoms with Gasteiger partial charge in [0.15, 0.2) is 9.84 Å². The van der Waals surface area contributed by atoms with Crippen LogP contribution < -0.4 is 10.6 Å². The summed E-state index contributed by atoms with van der Waals surface area (Å²) >= 11 is 1.49. The molecule has 2 atom stereocenters. The number of carbonyl (C=O) groups is 2. The van der Waals surface area contributed by atoms with E-state index in [1.807, 2.05) is 60.7 Å². The summed E-state index contributed by atoms with van der Waals surface area (Å²) in [5, 5.41) is 6.66. The average molecular weight is 565 g/mol. The van der Waals surface area contributed by atoms with Gasteiger partial charge < -0.3 is 10.6 Å². The fourth-order valence-corrected chi connectivity index (χ4v) is 8.79. The van der Waals surface area contributed by atoms with Gasteiger partial charge in [0.25, 0.3) is 5.91 Å². The molecule has 0 bridgehead atoms. The number of thiophene rings is 1. The molecule has 1 saturated heterocycles. The third kappa shape index (κ3) is 6.12. The minimum atomic E-state index is -3.13. The lowest BCUT2D eigenvalue weighted by molar-refractivity contribution is -0.116. The maximum absolute atomic E-state index is 13.9. The molecule has 2 amide bonds. The second-order valence-electron chi connectivity index (χ2n) is 11.8. The van der Waals surface area contributed by atoms with Gasteiger partial charge in [0, 0.05) is 10.9 Å². The Bertz CT molecular complexity index is 1420. The molecule has 0 saturated carbocycles. The summed E-state index contributed by atoms with van der Waals surface area (Å²) < 4.78 is 24.0. The molecule has 2 unspecified atom stereocenters. The van der Waals surface area contributed by atoms with E-state index in [1.54, 1.807) is 0 Å². The molecule has 3 aromatic rings. The number of hydrogen-bond donors (Lipinski definition) is 2. The van der Waals surface area contributed by atoms with Crippen molar-refractivity contribution in [1.82, 2.24) is 5.32 Å². The molecule has 1 aromatic heterocycles. The van der Waals surface area contributed by atoms with Gasteiger partial charge in [0.05, 0.1) is 23.0 Å². The number of hydrogen-bond acceptors (Lipinski definition) is 5. The normalized spacial score (nSPS) is 20.4. The van der Waals surface area contributed by atoms with Gasteiger partial charge in [0.1, 0.15) is 5.00 Å². The first-order valence-electron chi connectivity index (χ1n) is 13.6. The molecule has 6 nitrogen and oxygen atoms in total. The molecule has 8 heteroatoms. The van der Waals surface area contributed by atoms with Crippen molar-refractivity contribution in [3.05, 3.63) is 87.8 Å². The molecule has 0 spiro atoms. The molecule has 1 fully saturated rings. The van der Waals surface area contributed by atoms with Gasteiger partial charge >= 0.3 is 0 Å². The van der Waals surface area contributed by atoms with Crippen LogP contribution in [0.2, 0.25) is 0 Å². The fourth-order valence-electron chi connectivity index (χ4n) is 5.79. The molecule has 2 N–H and O–H groups in total. The van der Waals surface area contributed by atoms with Gasteiger partial charge in [-0.05, 0) is 53.7 Å². The van der Waals surface area contributed by atoms with Gasteiger partial charge in [-0.25, -0.2) is 8.42 Å². The van der Waals surface area contributed by atoms with Crippen LogP contribution in [0.1, 0.15) is 71.5 Å². The smallest absolute Gasteiger partial charge is 0.254 e. The Morgan fingerprint density at radius 2 is 1.56 bits per heavy atom. The zero-order chi connectivity index (χ0) is 27.8. The number of benzene rings is 2. The van der Waals surface area contributed by atoms with Crippen LogP contribution in [0.5, 0.6) is 0 Å². The van der Waals surface area contributed by atoms with Crippen LogP contribution >= 0.6 is 11.3 Å². The molecule has 1 aliphatic carbocycles. The number of rotatable bonds is 6.